The van der Waals surface area contributed by atoms with Crippen molar-refractivity contribution in [3.05, 3.63) is 11.4 Å². The zero-order valence-electron chi connectivity index (χ0n) is 5.24. The highest BCUT2D eigenvalue weighted by Gasteiger charge is 2.06. The van der Waals surface area contributed by atoms with Crippen LogP contribution in [0.4, 0.5) is 5.13 Å². The van der Waals surface area contributed by atoms with E-state index in [0.717, 1.165) is 17.1 Å². The molecule has 0 unspecified atom stereocenters. The first-order valence-corrected chi connectivity index (χ1v) is 3.77. The lowest BCUT2D eigenvalue weighted by Gasteiger charge is -1.84. The largest absolute Gasteiger partial charge is 0.374 e. The van der Waals surface area contributed by atoms with Crippen LogP contribution in [0, 0.1) is 0 Å². The smallest absolute Gasteiger partial charge is 0.238 e. The average molecular weight is 189 g/mol. The Kier molecular flexibility index (Phi) is 2.56. The number of aromatic nitrogens is 2. The van der Waals surface area contributed by atoms with Crippen molar-refractivity contribution in [2.75, 3.05) is 5.73 Å². The molecule has 0 saturated carbocycles. The summed E-state index contributed by atoms with van der Waals surface area (Å²) in [6.45, 7) is 0. The van der Waals surface area contributed by atoms with E-state index < -0.39 is 0 Å². The van der Waals surface area contributed by atoms with Crippen molar-refractivity contribution in [1.29, 1.82) is 0 Å². The number of hydrogen-bond acceptors (Lipinski definition) is 5. The minimum absolute atomic E-state index is 0.111. The third-order valence-electron chi connectivity index (χ3n) is 0.902. The number of nitrogens with two attached hydrogens (primary N) is 1. The minimum atomic E-state index is 0.111. The average Bonchev–Trinajstić information content (AvgIpc) is 2.39. The van der Waals surface area contributed by atoms with Gasteiger partial charge in [0.25, 0.3) is 0 Å². The molecule has 0 fully saturated rings. The number of allylic oxidation sites excluding steroid dienone is 1. The van der Waals surface area contributed by atoms with Crippen molar-refractivity contribution in [2.24, 2.45) is 0 Å². The van der Waals surface area contributed by atoms with Gasteiger partial charge in [0.05, 0.1) is 5.57 Å². The molecule has 4 nitrogen and oxygen atoms in total. The molecule has 0 amide bonds. The minimum Gasteiger partial charge on any atom is -0.374 e. The number of nitrogen functional groups attached to an aromatic ring is 1. The van der Waals surface area contributed by atoms with Gasteiger partial charge in [-0.2, -0.15) is 9.36 Å². The van der Waals surface area contributed by atoms with E-state index in [2.05, 4.69) is 9.36 Å². The molecule has 1 aromatic heterocycles. The van der Waals surface area contributed by atoms with Crippen LogP contribution in [-0.2, 0) is 4.79 Å². The van der Waals surface area contributed by atoms with E-state index >= 15 is 0 Å². The van der Waals surface area contributed by atoms with Crippen molar-refractivity contribution in [3.63, 3.8) is 0 Å². The van der Waals surface area contributed by atoms with Gasteiger partial charge in [-0.1, -0.05) is 11.6 Å². The van der Waals surface area contributed by atoms with E-state index in [9.17, 15) is 4.79 Å². The van der Waals surface area contributed by atoms with Crippen LogP contribution >= 0.6 is 23.1 Å². The van der Waals surface area contributed by atoms with E-state index in [1.54, 1.807) is 6.29 Å². The maximum Gasteiger partial charge on any atom is 0.238 e. The van der Waals surface area contributed by atoms with Gasteiger partial charge in [0.1, 0.15) is 0 Å². The van der Waals surface area contributed by atoms with Crippen molar-refractivity contribution in [3.8, 4) is 0 Å². The SMILES string of the molecule is Nc1nc(C([C]=O)=CCl)ns1. The standard InChI is InChI=1S/C5H3ClN3OS/c6-1-3(2-10)4-8-5(7)11-9-4/h1H,(H2,7,8,9). The molecule has 0 spiro atoms. The van der Waals surface area contributed by atoms with Crippen molar-refractivity contribution in [2.45, 2.75) is 0 Å². The first-order chi connectivity index (χ1) is 5.27. The summed E-state index contributed by atoms with van der Waals surface area (Å²) in [6, 6.07) is 0. The van der Waals surface area contributed by atoms with Gasteiger partial charge in [0, 0.05) is 17.1 Å². The van der Waals surface area contributed by atoms with Gasteiger partial charge in [-0.05, 0) is 0 Å². The van der Waals surface area contributed by atoms with Gasteiger partial charge in [0.15, 0.2) is 11.0 Å². The second-order valence-corrected chi connectivity index (χ2v) is 2.58. The Morgan fingerprint density at radius 2 is 2.55 bits per heavy atom. The summed E-state index contributed by atoms with van der Waals surface area (Å²) in [5.74, 6) is 0.220. The van der Waals surface area contributed by atoms with Gasteiger partial charge in [-0.3, -0.25) is 4.79 Å². The molecule has 57 valence electrons. The fourth-order valence-electron chi connectivity index (χ4n) is 0.461. The van der Waals surface area contributed by atoms with E-state index in [4.69, 9.17) is 17.3 Å². The summed E-state index contributed by atoms with van der Waals surface area (Å²) in [5.41, 5.74) is 6.45. The maximum absolute atomic E-state index is 10.2. The topological polar surface area (TPSA) is 68.9 Å². The number of halogens is 1. The Bertz CT molecular complexity index is 296. The third kappa shape index (κ3) is 1.75. The van der Waals surface area contributed by atoms with Gasteiger partial charge in [-0.15, -0.1) is 0 Å². The summed E-state index contributed by atoms with van der Waals surface area (Å²) < 4.78 is 3.75. The van der Waals surface area contributed by atoms with Gasteiger partial charge in [0.2, 0.25) is 6.29 Å². The molecule has 0 saturated heterocycles. The highest BCUT2D eigenvalue weighted by atomic mass is 35.5. The molecule has 1 heterocycles. The Hall–Kier alpha value is -0.940. The quantitative estimate of drug-likeness (QED) is 0.698. The predicted molar refractivity (Wildman–Crippen MR) is 43.8 cm³/mol. The van der Waals surface area contributed by atoms with Crippen LogP contribution in [0.3, 0.4) is 0 Å². The zero-order chi connectivity index (χ0) is 8.27. The fourth-order valence-corrected chi connectivity index (χ4v) is 1.05. The predicted octanol–water partition coefficient (Wildman–Crippen LogP) is 0.810. The monoisotopic (exact) mass is 188 g/mol. The van der Waals surface area contributed by atoms with Gasteiger partial charge in [-0.25, -0.2) is 0 Å². The van der Waals surface area contributed by atoms with E-state index in [0.29, 0.717) is 5.13 Å². The summed E-state index contributed by atoms with van der Waals surface area (Å²) in [5, 5.41) is 0.297. The molecule has 0 aliphatic rings. The third-order valence-corrected chi connectivity index (χ3v) is 1.66. The number of carbonyl (C=O) groups excluding carboxylic acids is 1. The fraction of sp³-hybridized carbons (Fsp3) is 0. The van der Waals surface area contributed by atoms with Crippen molar-refractivity contribution in [1.82, 2.24) is 9.36 Å². The van der Waals surface area contributed by atoms with Crippen LogP contribution in [0.5, 0.6) is 0 Å². The van der Waals surface area contributed by atoms with E-state index in [-0.39, 0.29) is 11.4 Å². The lowest BCUT2D eigenvalue weighted by Crippen LogP contribution is -1.88. The first-order valence-electron chi connectivity index (χ1n) is 2.56. The Labute approximate surface area is 71.9 Å². The second-order valence-electron chi connectivity index (χ2n) is 1.58. The summed E-state index contributed by atoms with van der Waals surface area (Å²) in [7, 11) is 0. The van der Waals surface area contributed by atoms with Crippen molar-refractivity contribution >= 4 is 40.1 Å². The number of hydrogen-bond donors (Lipinski definition) is 1. The van der Waals surface area contributed by atoms with Gasteiger partial charge < -0.3 is 5.73 Å². The molecule has 6 heteroatoms. The van der Waals surface area contributed by atoms with E-state index in [1.807, 2.05) is 0 Å². The molecule has 2 N–H and O–H groups in total. The highest BCUT2D eigenvalue weighted by molar-refractivity contribution is 7.09. The molecular weight excluding hydrogens is 186 g/mol. The van der Waals surface area contributed by atoms with Crippen molar-refractivity contribution < 1.29 is 4.79 Å². The van der Waals surface area contributed by atoms with Crippen LogP contribution in [-0.4, -0.2) is 15.6 Å². The molecular formula is C5H3ClN3OS. The van der Waals surface area contributed by atoms with Crippen LogP contribution in [0.25, 0.3) is 5.57 Å². The highest BCUT2D eigenvalue weighted by Crippen LogP contribution is 2.13. The normalized spacial score (nSPS) is 11.5. The zero-order valence-corrected chi connectivity index (χ0v) is 6.82. The Morgan fingerprint density at radius 3 is 2.91 bits per heavy atom. The van der Waals surface area contributed by atoms with Crippen LogP contribution < -0.4 is 5.73 Å². The lowest BCUT2D eigenvalue weighted by atomic mass is 10.3. The Balaban J connectivity index is 3.00. The molecule has 0 aliphatic heterocycles. The molecule has 1 rings (SSSR count). The summed E-state index contributed by atoms with van der Waals surface area (Å²) in [4.78, 5) is 13.9. The lowest BCUT2D eigenvalue weighted by molar-refractivity contribution is 0.565. The molecule has 1 radical (unpaired) electrons. The van der Waals surface area contributed by atoms with Crippen LogP contribution in [0.15, 0.2) is 5.54 Å². The summed E-state index contributed by atoms with van der Waals surface area (Å²) in [6.07, 6.45) is 1.59. The Morgan fingerprint density at radius 1 is 1.82 bits per heavy atom. The van der Waals surface area contributed by atoms with Gasteiger partial charge >= 0.3 is 0 Å². The molecule has 11 heavy (non-hydrogen) atoms. The second kappa shape index (κ2) is 3.45. The maximum atomic E-state index is 10.2. The van der Waals surface area contributed by atoms with Crippen LogP contribution in [0.1, 0.15) is 5.82 Å². The number of rotatable bonds is 2. The summed E-state index contributed by atoms with van der Waals surface area (Å²) >= 11 is 6.27. The molecule has 1 aromatic rings. The number of anilines is 1. The molecule has 0 aromatic carbocycles. The number of nitrogens with zero attached hydrogens (tertiary/aromatic N) is 2. The molecule has 0 atom stereocenters. The molecule has 0 aliphatic carbocycles. The first kappa shape index (κ1) is 8.16. The molecule has 0 bridgehead atoms. The van der Waals surface area contributed by atoms with Crippen LogP contribution in [0.2, 0.25) is 0 Å². The van der Waals surface area contributed by atoms with E-state index in [1.165, 1.54) is 0 Å².